The van der Waals surface area contributed by atoms with Crippen LogP contribution in [0.15, 0.2) is 30.3 Å². The summed E-state index contributed by atoms with van der Waals surface area (Å²) in [5.41, 5.74) is 7.06. The summed E-state index contributed by atoms with van der Waals surface area (Å²) < 4.78 is 0.949. The van der Waals surface area contributed by atoms with Gasteiger partial charge in [0.1, 0.15) is 0 Å². The smallest absolute Gasteiger partial charge is 0.223 e. The minimum atomic E-state index is -0.410. The van der Waals surface area contributed by atoms with E-state index in [1.165, 1.54) is 12.2 Å². The molecule has 4 rings (SSSR count). The molecule has 1 aliphatic rings. The molecule has 0 aliphatic carbocycles. The van der Waals surface area contributed by atoms with Gasteiger partial charge in [0.05, 0.1) is 16.8 Å². The topological polar surface area (TPSA) is 80.9 Å². The van der Waals surface area contributed by atoms with Crippen LogP contribution < -0.4 is 11.1 Å². The van der Waals surface area contributed by atoms with E-state index in [-0.39, 0.29) is 6.42 Å². The second-order valence-electron chi connectivity index (χ2n) is 6.56. The number of thiophene rings is 1. The van der Waals surface area contributed by atoms with Crippen molar-refractivity contribution in [3.8, 4) is 10.4 Å². The lowest BCUT2D eigenvalue weighted by Gasteiger charge is -2.23. The number of hydrogen-bond acceptors (Lipinski definition) is 6. The lowest BCUT2D eigenvalue weighted by Crippen LogP contribution is -2.26. The minimum Gasteiger partial charge on any atom is -0.369 e. The zero-order valence-electron chi connectivity index (χ0n) is 14.6. The average molecular weight is 419 g/mol. The van der Waals surface area contributed by atoms with E-state index in [4.69, 9.17) is 17.3 Å². The van der Waals surface area contributed by atoms with Gasteiger partial charge in [-0.3, -0.25) is 4.79 Å². The van der Waals surface area contributed by atoms with Crippen LogP contribution >= 0.6 is 34.7 Å². The fourth-order valence-electron chi connectivity index (χ4n) is 3.21. The lowest BCUT2D eigenvalue weighted by molar-refractivity contribution is -0.117. The molecule has 1 fully saturated rings. The number of primary amides is 1. The van der Waals surface area contributed by atoms with Crippen LogP contribution in [0.5, 0.6) is 0 Å². The molecule has 1 aliphatic heterocycles. The Labute approximate surface area is 170 Å². The number of carbonyl (C=O) groups is 1. The summed E-state index contributed by atoms with van der Waals surface area (Å²) in [6.07, 6.45) is 2.42. The van der Waals surface area contributed by atoms with Crippen molar-refractivity contribution < 1.29 is 4.79 Å². The number of thioether (sulfide) groups is 1. The summed E-state index contributed by atoms with van der Waals surface area (Å²) in [4.78, 5) is 12.5. The van der Waals surface area contributed by atoms with Crippen LogP contribution in [0.3, 0.4) is 0 Å². The highest BCUT2D eigenvalue weighted by atomic mass is 35.5. The van der Waals surface area contributed by atoms with Crippen LogP contribution in [-0.2, 0) is 11.2 Å². The number of hydrogen-bond donors (Lipinski definition) is 2. The van der Waals surface area contributed by atoms with Gasteiger partial charge in [0.25, 0.3) is 0 Å². The Kier molecular flexibility index (Phi) is 5.52. The second-order valence-corrected chi connectivity index (χ2v) is 9.20. The van der Waals surface area contributed by atoms with E-state index < -0.39 is 5.91 Å². The maximum atomic E-state index is 11.5. The molecule has 27 heavy (non-hydrogen) atoms. The van der Waals surface area contributed by atoms with Gasteiger partial charge >= 0.3 is 0 Å². The second kappa shape index (κ2) is 8.04. The summed E-state index contributed by atoms with van der Waals surface area (Å²) in [7, 11) is 0. The van der Waals surface area contributed by atoms with E-state index in [2.05, 4.69) is 21.6 Å². The predicted octanol–water partition coefficient (Wildman–Crippen LogP) is 4.35. The van der Waals surface area contributed by atoms with Gasteiger partial charge in [0.2, 0.25) is 5.91 Å². The number of benzene rings is 1. The first-order valence-corrected chi connectivity index (χ1v) is 11.1. The Bertz CT molecular complexity index is 985. The average Bonchev–Trinajstić information content (AvgIpc) is 3.10. The molecular weight excluding hydrogens is 400 g/mol. The van der Waals surface area contributed by atoms with Gasteiger partial charge in [-0.1, -0.05) is 23.7 Å². The van der Waals surface area contributed by atoms with Gasteiger partial charge < -0.3 is 11.1 Å². The van der Waals surface area contributed by atoms with Crippen molar-refractivity contribution in [2.45, 2.75) is 25.3 Å². The van der Waals surface area contributed by atoms with Crippen molar-refractivity contribution in [1.82, 2.24) is 10.2 Å². The Morgan fingerprint density at radius 1 is 1.33 bits per heavy atom. The third-order valence-electron chi connectivity index (χ3n) is 4.47. The number of amides is 1. The summed E-state index contributed by atoms with van der Waals surface area (Å²) in [5.74, 6) is 2.65. The van der Waals surface area contributed by atoms with Crippen LogP contribution in [0, 0.1) is 0 Å². The molecule has 0 radical (unpaired) electrons. The molecule has 3 N–H and O–H groups in total. The number of nitrogens with one attached hydrogen (secondary N) is 1. The Balaban J connectivity index is 1.78. The number of nitrogens with two attached hydrogens (primary N) is 1. The number of anilines is 1. The number of fused-ring (bicyclic) bond motifs is 1. The highest BCUT2D eigenvalue weighted by Gasteiger charge is 2.19. The van der Waals surface area contributed by atoms with E-state index in [0.29, 0.717) is 16.8 Å². The standard InChI is InChI=1S/C19H19ClN4OS2/c20-12-4-1-3-11(7-12)16-8-14-18(27-16)15(9-17(21)25)23-24-19(14)22-13-5-2-6-26-10-13/h1,3-4,7-8,13H,2,5-6,9-10H2,(H2,21,25)(H,22,24). The molecule has 0 bridgehead atoms. The summed E-state index contributed by atoms with van der Waals surface area (Å²) in [6.45, 7) is 0. The number of nitrogens with zero attached hydrogens (tertiary/aromatic N) is 2. The third-order valence-corrected chi connectivity index (χ3v) is 7.16. The van der Waals surface area contributed by atoms with Gasteiger partial charge in [-0.25, -0.2) is 0 Å². The zero-order valence-corrected chi connectivity index (χ0v) is 17.0. The zero-order chi connectivity index (χ0) is 18.8. The van der Waals surface area contributed by atoms with E-state index in [0.717, 1.165) is 38.5 Å². The fourth-order valence-corrected chi connectivity index (χ4v) is 5.61. The number of rotatable bonds is 5. The first-order chi connectivity index (χ1) is 13.1. The minimum absolute atomic E-state index is 0.0819. The third kappa shape index (κ3) is 4.20. The van der Waals surface area contributed by atoms with E-state index >= 15 is 0 Å². The highest BCUT2D eigenvalue weighted by molar-refractivity contribution is 7.99. The van der Waals surface area contributed by atoms with Gasteiger partial charge in [-0.05, 0) is 42.4 Å². The van der Waals surface area contributed by atoms with Crippen molar-refractivity contribution in [3.05, 3.63) is 41.0 Å². The molecule has 0 saturated carbocycles. The molecule has 3 heterocycles. The predicted molar refractivity (Wildman–Crippen MR) is 115 cm³/mol. The molecule has 1 saturated heterocycles. The Morgan fingerprint density at radius 3 is 2.96 bits per heavy atom. The van der Waals surface area contributed by atoms with Crippen molar-refractivity contribution in [2.75, 3.05) is 16.8 Å². The number of carbonyl (C=O) groups excluding carboxylic acids is 1. The van der Waals surface area contributed by atoms with E-state index in [9.17, 15) is 4.79 Å². The molecule has 140 valence electrons. The molecule has 8 heteroatoms. The number of aromatic nitrogens is 2. The summed E-state index contributed by atoms with van der Waals surface area (Å²) >= 11 is 9.71. The number of halogens is 1. The summed E-state index contributed by atoms with van der Waals surface area (Å²) in [5, 5.41) is 13.9. The van der Waals surface area contributed by atoms with Crippen LogP contribution in [0.4, 0.5) is 5.82 Å². The van der Waals surface area contributed by atoms with E-state index in [1.807, 2.05) is 36.0 Å². The molecule has 0 spiro atoms. The molecule has 5 nitrogen and oxygen atoms in total. The fraction of sp³-hybridized carbons (Fsp3) is 0.316. The molecule has 1 unspecified atom stereocenters. The maximum Gasteiger partial charge on any atom is 0.223 e. The Morgan fingerprint density at radius 2 is 2.22 bits per heavy atom. The largest absolute Gasteiger partial charge is 0.369 e. The lowest BCUT2D eigenvalue weighted by atomic mass is 10.1. The van der Waals surface area contributed by atoms with Crippen molar-refractivity contribution in [1.29, 1.82) is 0 Å². The quantitative estimate of drug-likeness (QED) is 0.643. The van der Waals surface area contributed by atoms with Crippen LogP contribution in [-0.4, -0.2) is 33.7 Å². The molecule has 2 aromatic heterocycles. The maximum absolute atomic E-state index is 11.5. The monoisotopic (exact) mass is 418 g/mol. The first kappa shape index (κ1) is 18.5. The van der Waals surface area contributed by atoms with Crippen LogP contribution in [0.2, 0.25) is 5.02 Å². The molecule has 1 aromatic carbocycles. The van der Waals surface area contributed by atoms with Crippen molar-refractivity contribution in [3.63, 3.8) is 0 Å². The first-order valence-electron chi connectivity index (χ1n) is 8.78. The SMILES string of the molecule is NC(=O)Cc1nnc(NC2CCCSC2)c2cc(-c3cccc(Cl)c3)sc12. The Hall–Kier alpha value is -1.83. The van der Waals surface area contributed by atoms with Gasteiger partial charge in [-0.2, -0.15) is 16.9 Å². The van der Waals surface area contributed by atoms with Crippen molar-refractivity contribution >= 4 is 56.5 Å². The van der Waals surface area contributed by atoms with Crippen molar-refractivity contribution in [2.24, 2.45) is 5.73 Å². The summed E-state index contributed by atoms with van der Waals surface area (Å²) in [6, 6.07) is 10.2. The van der Waals surface area contributed by atoms with Crippen LogP contribution in [0.1, 0.15) is 18.5 Å². The van der Waals surface area contributed by atoms with Gasteiger partial charge in [0.15, 0.2) is 5.82 Å². The van der Waals surface area contributed by atoms with E-state index in [1.54, 1.807) is 11.3 Å². The molecule has 3 aromatic rings. The van der Waals surface area contributed by atoms with Gasteiger partial charge in [0, 0.05) is 27.1 Å². The normalized spacial score (nSPS) is 17.1. The van der Waals surface area contributed by atoms with Crippen LogP contribution in [0.25, 0.3) is 20.5 Å². The highest BCUT2D eigenvalue weighted by Crippen LogP contribution is 2.38. The molecule has 1 atom stereocenters. The molecule has 1 amide bonds. The van der Waals surface area contributed by atoms with Gasteiger partial charge in [-0.15, -0.1) is 16.4 Å². The molecular formula is C19H19ClN4OS2.